The van der Waals surface area contributed by atoms with Crippen LogP contribution in [-0.2, 0) is 0 Å². The Bertz CT molecular complexity index is 566. The maximum Gasteiger partial charge on any atom is 0.178 e. The van der Waals surface area contributed by atoms with Crippen molar-refractivity contribution in [1.29, 1.82) is 0 Å². The highest BCUT2D eigenvalue weighted by molar-refractivity contribution is 6.47. The van der Waals surface area contributed by atoms with Gasteiger partial charge in [-0.3, -0.25) is 9.59 Å². The largest absolute Gasteiger partial charge is 0.495 e. The Labute approximate surface area is 115 Å². The minimum atomic E-state index is -1.04. The standard InChI is InChI=1S/C13H12Cl2O3/c1-4-13(2)11(16)6-5-7(18-3)9(14)10(15)8(6)12(13)17/h5H,4H2,1-3H3/t13-/m0/s1. The van der Waals surface area contributed by atoms with Crippen LogP contribution < -0.4 is 4.74 Å². The van der Waals surface area contributed by atoms with Crippen molar-refractivity contribution < 1.29 is 14.3 Å². The number of rotatable bonds is 2. The fourth-order valence-corrected chi connectivity index (χ4v) is 2.66. The molecule has 2 rings (SSSR count). The van der Waals surface area contributed by atoms with E-state index in [1.807, 2.05) is 0 Å². The number of methoxy groups -OCH3 is 1. The van der Waals surface area contributed by atoms with Gasteiger partial charge in [0.1, 0.15) is 10.8 Å². The number of Topliss-reactive ketones (excluding diaryl/α,β-unsaturated/α-hetero) is 2. The molecule has 1 atom stereocenters. The molecular formula is C13H12Cl2O3. The van der Waals surface area contributed by atoms with Gasteiger partial charge in [-0.25, -0.2) is 0 Å². The molecule has 0 unspecified atom stereocenters. The van der Waals surface area contributed by atoms with E-state index in [-0.39, 0.29) is 27.2 Å². The fraction of sp³-hybridized carbons (Fsp3) is 0.385. The number of fused-ring (bicyclic) bond motifs is 1. The summed E-state index contributed by atoms with van der Waals surface area (Å²) in [6, 6.07) is 1.49. The molecule has 1 aromatic rings. The zero-order valence-electron chi connectivity index (χ0n) is 10.3. The van der Waals surface area contributed by atoms with Crippen molar-refractivity contribution in [2.75, 3.05) is 7.11 Å². The zero-order chi connectivity index (χ0) is 13.7. The topological polar surface area (TPSA) is 43.4 Å². The smallest absolute Gasteiger partial charge is 0.178 e. The number of carbonyl (C=O) groups excluding carboxylic acids is 2. The lowest BCUT2D eigenvalue weighted by Crippen LogP contribution is -2.28. The van der Waals surface area contributed by atoms with Gasteiger partial charge in [0.05, 0.1) is 17.5 Å². The van der Waals surface area contributed by atoms with E-state index in [4.69, 9.17) is 27.9 Å². The quantitative estimate of drug-likeness (QED) is 0.777. The van der Waals surface area contributed by atoms with E-state index >= 15 is 0 Å². The SMILES string of the molecule is CC[C@@]1(C)C(=O)c2cc(OC)c(Cl)c(Cl)c2C1=O. The monoisotopic (exact) mass is 286 g/mol. The highest BCUT2D eigenvalue weighted by Crippen LogP contribution is 2.47. The van der Waals surface area contributed by atoms with Gasteiger partial charge >= 0.3 is 0 Å². The second kappa shape index (κ2) is 4.25. The molecule has 0 fully saturated rings. The van der Waals surface area contributed by atoms with E-state index < -0.39 is 5.41 Å². The number of halogens is 2. The molecule has 0 amide bonds. The zero-order valence-corrected chi connectivity index (χ0v) is 11.8. The average molecular weight is 287 g/mol. The van der Waals surface area contributed by atoms with Gasteiger partial charge in [0, 0.05) is 11.1 Å². The van der Waals surface area contributed by atoms with Crippen LogP contribution in [0.3, 0.4) is 0 Å². The summed E-state index contributed by atoms with van der Waals surface area (Å²) in [4.78, 5) is 24.6. The highest BCUT2D eigenvalue weighted by Gasteiger charge is 2.49. The molecule has 3 nitrogen and oxygen atoms in total. The van der Waals surface area contributed by atoms with Crippen LogP contribution in [0.4, 0.5) is 0 Å². The van der Waals surface area contributed by atoms with E-state index in [9.17, 15) is 9.59 Å². The second-order valence-electron chi connectivity index (χ2n) is 4.47. The summed E-state index contributed by atoms with van der Waals surface area (Å²) in [5.41, 5.74) is -0.519. The van der Waals surface area contributed by atoms with Crippen LogP contribution in [0.5, 0.6) is 5.75 Å². The van der Waals surface area contributed by atoms with Crippen molar-refractivity contribution in [3.8, 4) is 5.75 Å². The van der Waals surface area contributed by atoms with Crippen molar-refractivity contribution in [2.24, 2.45) is 5.41 Å². The molecule has 0 aromatic heterocycles. The summed E-state index contributed by atoms with van der Waals surface area (Å²) in [7, 11) is 1.43. The lowest BCUT2D eigenvalue weighted by Gasteiger charge is -2.16. The molecule has 0 heterocycles. The molecule has 0 bridgehead atoms. The molecule has 0 aliphatic heterocycles. The number of ketones is 2. The van der Waals surface area contributed by atoms with Crippen LogP contribution in [0.25, 0.3) is 0 Å². The van der Waals surface area contributed by atoms with Gasteiger partial charge in [0.25, 0.3) is 0 Å². The molecule has 0 radical (unpaired) electrons. The summed E-state index contributed by atoms with van der Waals surface area (Å²) < 4.78 is 5.06. The molecule has 1 aliphatic rings. The van der Waals surface area contributed by atoms with Gasteiger partial charge in [-0.1, -0.05) is 30.1 Å². The predicted octanol–water partition coefficient (Wildman–Crippen LogP) is 3.80. The van der Waals surface area contributed by atoms with Crippen LogP contribution in [0.15, 0.2) is 6.07 Å². The molecule has 5 heteroatoms. The number of carbonyl (C=O) groups is 2. The van der Waals surface area contributed by atoms with E-state index in [0.29, 0.717) is 17.7 Å². The van der Waals surface area contributed by atoms with Crippen LogP contribution in [-0.4, -0.2) is 18.7 Å². The Morgan fingerprint density at radius 1 is 1.22 bits per heavy atom. The van der Waals surface area contributed by atoms with E-state index in [0.717, 1.165) is 0 Å². The number of hydrogen-bond acceptors (Lipinski definition) is 3. The third kappa shape index (κ3) is 1.50. The van der Waals surface area contributed by atoms with Crippen LogP contribution >= 0.6 is 23.2 Å². The summed E-state index contributed by atoms with van der Waals surface area (Å²) in [6.07, 6.45) is 0.426. The lowest BCUT2D eigenvalue weighted by atomic mass is 9.82. The lowest BCUT2D eigenvalue weighted by molar-refractivity contribution is 0.0717. The molecule has 1 aromatic carbocycles. The molecule has 0 saturated carbocycles. The molecule has 0 saturated heterocycles. The summed E-state index contributed by atoms with van der Waals surface area (Å²) >= 11 is 12.1. The Morgan fingerprint density at radius 3 is 2.33 bits per heavy atom. The number of ether oxygens (including phenoxy) is 1. The molecule has 0 spiro atoms. The van der Waals surface area contributed by atoms with Crippen molar-refractivity contribution in [2.45, 2.75) is 20.3 Å². The summed E-state index contributed by atoms with van der Waals surface area (Å²) in [5.74, 6) is -0.177. The number of hydrogen-bond donors (Lipinski definition) is 0. The Morgan fingerprint density at radius 2 is 1.83 bits per heavy atom. The highest BCUT2D eigenvalue weighted by atomic mass is 35.5. The van der Waals surface area contributed by atoms with Crippen LogP contribution in [0, 0.1) is 5.41 Å². The first-order valence-corrected chi connectivity index (χ1v) is 6.29. The molecule has 96 valence electrons. The van der Waals surface area contributed by atoms with Crippen molar-refractivity contribution in [3.63, 3.8) is 0 Å². The normalized spacial score (nSPS) is 22.3. The van der Waals surface area contributed by atoms with Gasteiger partial charge in [-0.2, -0.15) is 0 Å². The van der Waals surface area contributed by atoms with Crippen molar-refractivity contribution >= 4 is 34.8 Å². The summed E-state index contributed by atoms with van der Waals surface area (Å²) in [6.45, 7) is 3.43. The minimum Gasteiger partial charge on any atom is -0.495 e. The third-order valence-corrected chi connectivity index (χ3v) is 4.42. The molecule has 18 heavy (non-hydrogen) atoms. The van der Waals surface area contributed by atoms with Crippen LogP contribution in [0.1, 0.15) is 41.0 Å². The first-order valence-electron chi connectivity index (χ1n) is 5.54. The van der Waals surface area contributed by atoms with Crippen LogP contribution in [0.2, 0.25) is 10.0 Å². The second-order valence-corrected chi connectivity index (χ2v) is 5.23. The predicted molar refractivity (Wildman–Crippen MR) is 70.1 cm³/mol. The van der Waals surface area contributed by atoms with Gasteiger partial charge in [0.15, 0.2) is 11.6 Å². The maximum atomic E-state index is 12.3. The van der Waals surface area contributed by atoms with Gasteiger partial charge in [0.2, 0.25) is 0 Å². The Balaban J connectivity index is 2.77. The van der Waals surface area contributed by atoms with E-state index in [1.165, 1.54) is 13.2 Å². The first-order chi connectivity index (χ1) is 8.38. The molecule has 1 aliphatic carbocycles. The average Bonchev–Trinajstić information content (AvgIpc) is 2.56. The maximum absolute atomic E-state index is 12.3. The first kappa shape index (κ1) is 13.4. The molecule has 0 N–H and O–H groups in total. The number of benzene rings is 1. The minimum absolute atomic E-state index is 0.0986. The van der Waals surface area contributed by atoms with Gasteiger partial charge in [-0.05, 0) is 19.4 Å². The van der Waals surface area contributed by atoms with E-state index in [1.54, 1.807) is 13.8 Å². The van der Waals surface area contributed by atoms with E-state index in [2.05, 4.69) is 0 Å². The summed E-state index contributed by atoms with van der Waals surface area (Å²) in [5, 5.41) is 0.265. The Kier molecular flexibility index (Phi) is 3.16. The van der Waals surface area contributed by atoms with Crippen molar-refractivity contribution in [1.82, 2.24) is 0 Å². The Hall–Kier alpha value is -1.06. The van der Waals surface area contributed by atoms with Gasteiger partial charge < -0.3 is 4.74 Å². The third-order valence-electron chi connectivity index (χ3n) is 3.57. The fourth-order valence-electron chi connectivity index (χ4n) is 2.15. The van der Waals surface area contributed by atoms with Gasteiger partial charge in [-0.15, -0.1) is 0 Å². The molecular weight excluding hydrogens is 275 g/mol. The van der Waals surface area contributed by atoms with Crippen molar-refractivity contribution in [3.05, 3.63) is 27.2 Å².